The molecule has 0 saturated carbocycles. The summed E-state index contributed by atoms with van der Waals surface area (Å²) in [6.07, 6.45) is 3.18. The van der Waals surface area contributed by atoms with Crippen molar-refractivity contribution in [3.8, 4) is 0 Å². The van der Waals surface area contributed by atoms with Gasteiger partial charge in [-0.3, -0.25) is 4.90 Å². The number of ether oxygens (including phenoxy) is 1. The van der Waals surface area contributed by atoms with Crippen LogP contribution in [0.25, 0.3) is 6.08 Å². The first-order valence-corrected chi connectivity index (χ1v) is 9.70. The lowest BCUT2D eigenvalue weighted by Crippen LogP contribution is -2.36. The van der Waals surface area contributed by atoms with Gasteiger partial charge in [0.05, 0.1) is 18.8 Å². The second-order valence-electron chi connectivity index (χ2n) is 7.27. The standard InChI is InChI=1S/C22H22F4N2O/c23-18-17(6-3-8-27-10-12-29-13-11-27)19(24)21(26)22(20(18)25)28-9-7-15-4-1-2-5-16(15)14-28/h1-6H,7-14H2. The molecule has 2 aromatic rings. The smallest absolute Gasteiger partial charge is 0.185 e. The van der Waals surface area contributed by atoms with E-state index >= 15 is 0 Å². The second kappa shape index (κ2) is 8.55. The molecule has 0 aliphatic carbocycles. The van der Waals surface area contributed by atoms with Crippen LogP contribution >= 0.6 is 0 Å². The molecule has 1 saturated heterocycles. The minimum atomic E-state index is -1.36. The number of morpholine rings is 1. The van der Waals surface area contributed by atoms with Crippen LogP contribution in [0.3, 0.4) is 0 Å². The van der Waals surface area contributed by atoms with Gasteiger partial charge in [0.15, 0.2) is 23.3 Å². The van der Waals surface area contributed by atoms with Gasteiger partial charge in [0.1, 0.15) is 5.69 Å². The Labute approximate surface area is 167 Å². The maximum Gasteiger partial charge on any atom is 0.185 e. The predicted octanol–water partition coefficient (Wildman–Crippen LogP) is 4.15. The zero-order valence-corrected chi connectivity index (χ0v) is 15.9. The van der Waals surface area contributed by atoms with E-state index in [0.717, 1.165) is 17.2 Å². The zero-order valence-electron chi connectivity index (χ0n) is 15.9. The summed E-state index contributed by atoms with van der Waals surface area (Å²) < 4.78 is 64.0. The third-order valence-electron chi connectivity index (χ3n) is 5.47. The first-order chi connectivity index (χ1) is 14.1. The van der Waals surface area contributed by atoms with Gasteiger partial charge in [-0.1, -0.05) is 36.4 Å². The molecule has 0 bridgehead atoms. The van der Waals surface area contributed by atoms with Crippen LogP contribution in [-0.2, 0) is 17.7 Å². The number of fused-ring (bicyclic) bond motifs is 1. The maximum absolute atomic E-state index is 14.8. The highest BCUT2D eigenvalue weighted by Gasteiger charge is 2.29. The summed E-state index contributed by atoms with van der Waals surface area (Å²) in [4.78, 5) is 3.39. The van der Waals surface area contributed by atoms with Crippen molar-refractivity contribution in [2.45, 2.75) is 13.0 Å². The average molecular weight is 406 g/mol. The van der Waals surface area contributed by atoms with Crippen molar-refractivity contribution in [2.75, 3.05) is 44.3 Å². The Morgan fingerprint density at radius 1 is 0.862 bits per heavy atom. The molecule has 2 aliphatic heterocycles. The van der Waals surface area contributed by atoms with Crippen molar-refractivity contribution in [2.24, 2.45) is 0 Å². The fourth-order valence-electron chi connectivity index (χ4n) is 3.85. The van der Waals surface area contributed by atoms with E-state index in [4.69, 9.17) is 4.74 Å². The lowest BCUT2D eigenvalue weighted by atomic mass is 9.99. The Balaban J connectivity index is 1.59. The molecule has 29 heavy (non-hydrogen) atoms. The van der Waals surface area contributed by atoms with E-state index in [0.29, 0.717) is 39.3 Å². The number of rotatable bonds is 4. The summed E-state index contributed by atoms with van der Waals surface area (Å²) in [7, 11) is 0. The largest absolute Gasteiger partial charge is 0.379 e. The summed E-state index contributed by atoms with van der Waals surface area (Å²) >= 11 is 0. The summed E-state index contributed by atoms with van der Waals surface area (Å²) in [5, 5.41) is 0. The maximum atomic E-state index is 14.8. The number of hydrogen-bond acceptors (Lipinski definition) is 3. The predicted molar refractivity (Wildman–Crippen MR) is 104 cm³/mol. The van der Waals surface area contributed by atoms with Gasteiger partial charge in [-0.25, -0.2) is 17.6 Å². The van der Waals surface area contributed by atoms with Gasteiger partial charge in [0, 0.05) is 32.7 Å². The van der Waals surface area contributed by atoms with Gasteiger partial charge in [-0.15, -0.1) is 0 Å². The minimum absolute atomic E-state index is 0.203. The zero-order chi connectivity index (χ0) is 20.4. The van der Waals surface area contributed by atoms with Gasteiger partial charge >= 0.3 is 0 Å². The van der Waals surface area contributed by atoms with E-state index in [1.807, 2.05) is 29.2 Å². The Kier molecular flexibility index (Phi) is 5.87. The Bertz CT molecular complexity index is 896. The third-order valence-corrected chi connectivity index (χ3v) is 5.47. The number of benzene rings is 2. The molecule has 154 valence electrons. The van der Waals surface area contributed by atoms with E-state index in [9.17, 15) is 17.6 Å². The quantitative estimate of drug-likeness (QED) is 0.561. The first kappa shape index (κ1) is 19.9. The molecule has 0 amide bonds. The number of anilines is 1. The lowest BCUT2D eigenvalue weighted by molar-refractivity contribution is 0.0435. The van der Waals surface area contributed by atoms with Crippen LogP contribution in [0.5, 0.6) is 0 Å². The fraction of sp³-hybridized carbons (Fsp3) is 0.364. The Morgan fingerprint density at radius 2 is 1.52 bits per heavy atom. The highest BCUT2D eigenvalue weighted by atomic mass is 19.2. The first-order valence-electron chi connectivity index (χ1n) is 9.70. The molecule has 4 rings (SSSR count). The molecule has 2 aliphatic rings. The molecule has 1 fully saturated rings. The molecule has 0 spiro atoms. The van der Waals surface area contributed by atoms with Crippen LogP contribution in [0.4, 0.5) is 23.2 Å². The molecular weight excluding hydrogens is 384 g/mol. The average Bonchev–Trinajstić information content (AvgIpc) is 2.75. The Morgan fingerprint density at radius 3 is 2.21 bits per heavy atom. The van der Waals surface area contributed by atoms with Gasteiger partial charge in [0.2, 0.25) is 0 Å². The summed E-state index contributed by atoms with van der Waals surface area (Å²) in [5.74, 6) is -5.43. The molecule has 0 unspecified atom stereocenters. The molecule has 2 aromatic carbocycles. The molecule has 3 nitrogen and oxygen atoms in total. The van der Waals surface area contributed by atoms with Crippen molar-refractivity contribution in [1.82, 2.24) is 4.90 Å². The number of hydrogen-bond donors (Lipinski definition) is 0. The van der Waals surface area contributed by atoms with Gasteiger partial charge < -0.3 is 9.64 Å². The van der Waals surface area contributed by atoms with E-state index in [1.54, 1.807) is 0 Å². The number of nitrogens with zero attached hydrogens (tertiary/aromatic N) is 2. The molecule has 2 heterocycles. The number of halogens is 4. The fourth-order valence-corrected chi connectivity index (χ4v) is 3.85. The van der Waals surface area contributed by atoms with Crippen LogP contribution in [-0.4, -0.2) is 44.3 Å². The molecule has 0 N–H and O–H groups in total. The summed E-state index contributed by atoms with van der Waals surface area (Å²) in [5.41, 5.74) is 0.648. The van der Waals surface area contributed by atoms with E-state index < -0.39 is 34.5 Å². The molecule has 7 heteroatoms. The van der Waals surface area contributed by atoms with E-state index in [-0.39, 0.29) is 13.1 Å². The van der Waals surface area contributed by atoms with Crippen LogP contribution in [0.2, 0.25) is 0 Å². The van der Waals surface area contributed by atoms with Gasteiger partial charge in [-0.05, 0) is 17.5 Å². The Hall–Kier alpha value is -2.38. The topological polar surface area (TPSA) is 15.7 Å². The highest BCUT2D eigenvalue weighted by Crippen LogP contribution is 2.34. The molecule has 0 atom stereocenters. The van der Waals surface area contributed by atoms with E-state index in [1.165, 1.54) is 11.0 Å². The van der Waals surface area contributed by atoms with E-state index in [2.05, 4.69) is 0 Å². The SMILES string of the molecule is Fc1c(F)c(N2CCc3ccccc3C2)c(F)c(F)c1C=CCN1CCOCC1. The van der Waals surface area contributed by atoms with Crippen molar-refractivity contribution >= 4 is 11.8 Å². The molecule has 0 radical (unpaired) electrons. The van der Waals surface area contributed by atoms with Crippen LogP contribution in [0, 0.1) is 23.3 Å². The van der Waals surface area contributed by atoms with Crippen molar-refractivity contribution in [3.05, 3.63) is 70.3 Å². The van der Waals surface area contributed by atoms with Crippen molar-refractivity contribution in [1.29, 1.82) is 0 Å². The van der Waals surface area contributed by atoms with Crippen LogP contribution < -0.4 is 4.90 Å². The van der Waals surface area contributed by atoms with Gasteiger partial charge in [-0.2, -0.15) is 0 Å². The minimum Gasteiger partial charge on any atom is -0.379 e. The second-order valence-corrected chi connectivity index (χ2v) is 7.27. The monoisotopic (exact) mass is 406 g/mol. The van der Waals surface area contributed by atoms with Crippen molar-refractivity contribution in [3.63, 3.8) is 0 Å². The summed E-state index contributed by atoms with van der Waals surface area (Å²) in [6.45, 7) is 3.50. The molecular formula is C22H22F4N2O. The van der Waals surface area contributed by atoms with Crippen LogP contribution in [0.15, 0.2) is 30.3 Å². The van der Waals surface area contributed by atoms with Gasteiger partial charge in [0.25, 0.3) is 0 Å². The van der Waals surface area contributed by atoms with Crippen LogP contribution in [0.1, 0.15) is 16.7 Å². The molecule has 0 aromatic heterocycles. The van der Waals surface area contributed by atoms with Crippen molar-refractivity contribution < 1.29 is 22.3 Å². The lowest BCUT2D eigenvalue weighted by Gasteiger charge is -2.31. The normalized spacial score (nSPS) is 17.7. The highest BCUT2D eigenvalue weighted by molar-refractivity contribution is 5.60. The summed E-state index contributed by atoms with van der Waals surface area (Å²) in [6, 6.07) is 7.53. The third kappa shape index (κ3) is 4.02.